The average molecular weight is 287 g/mol. The summed E-state index contributed by atoms with van der Waals surface area (Å²) >= 11 is 0. The average Bonchev–Trinajstić information content (AvgIpc) is 2.34. The molecule has 1 aromatic rings. The molecular weight excluding hydrogens is 266 g/mol. The molecule has 0 saturated carbocycles. The van der Waals surface area contributed by atoms with Crippen LogP contribution in [0.25, 0.3) is 0 Å². The Labute approximate surface area is 114 Å². The second-order valence-corrected chi connectivity index (χ2v) is 5.89. The van der Waals surface area contributed by atoms with Crippen molar-refractivity contribution in [2.24, 2.45) is 0 Å². The summed E-state index contributed by atoms with van der Waals surface area (Å²) in [6.07, 6.45) is 0.389. The molecule has 1 aromatic carbocycles. The summed E-state index contributed by atoms with van der Waals surface area (Å²) in [6.45, 7) is 5.12. The Bertz CT molecular complexity index is 470. The second kappa shape index (κ2) is 7.47. The zero-order chi connectivity index (χ0) is 14.3. The monoisotopic (exact) mass is 287 g/mol. The zero-order valence-corrected chi connectivity index (χ0v) is 12.1. The van der Waals surface area contributed by atoms with Crippen LogP contribution in [0, 0.1) is 0 Å². The molecule has 0 spiro atoms. The Balaban J connectivity index is 2.38. The van der Waals surface area contributed by atoms with Gasteiger partial charge < -0.3 is 10.1 Å². The van der Waals surface area contributed by atoms with E-state index in [2.05, 4.69) is 5.32 Å². The Kier molecular flexibility index (Phi) is 6.27. The molecule has 1 atom stereocenters. The maximum Gasteiger partial charge on any atom is 0.264 e. The van der Waals surface area contributed by atoms with Crippen molar-refractivity contribution >= 4 is 10.1 Å². The first-order valence-corrected chi connectivity index (χ1v) is 7.94. The molecule has 2 N–H and O–H groups in total. The summed E-state index contributed by atoms with van der Waals surface area (Å²) in [5, 5.41) is 3.21. The fraction of sp³-hybridized carbons (Fsp3) is 0.538. The molecular formula is C13H21NO4S. The number of nitrogens with one attached hydrogen (secondary N) is 1. The molecule has 0 aliphatic rings. The van der Waals surface area contributed by atoms with E-state index in [1.165, 1.54) is 0 Å². The van der Waals surface area contributed by atoms with Crippen LogP contribution in [-0.4, -0.2) is 31.9 Å². The molecule has 0 heterocycles. The predicted molar refractivity (Wildman–Crippen MR) is 75.1 cm³/mol. The third-order valence-corrected chi connectivity index (χ3v) is 3.53. The van der Waals surface area contributed by atoms with E-state index in [0.717, 1.165) is 11.3 Å². The summed E-state index contributed by atoms with van der Waals surface area (Å²) in [5.74, 6) is 0.625. The normalized spacial score (nSPS) is 13.2. The van der Waals surface area contributed by atoms with Gasteiger partial charge in [0.05, 0.1) is 12.4 Å². The fourth-order valence-electron chi connectivity index (χ4n) is 1.71. The Morgan fingerprint density at radius 2 is 1.95 bits per heavy atom. The maximum absolute atomic E-state index is 10.6. The standard InChI is InChI=1S/C13H21NO4S/c1-3-18-13-7-5-12(6-8-13)11(2)14-9-4-10-19(15,16)17/h5-8,11,14H,3-4,9-10H2,1-2H3,(H,15,16,17)/t11-/m0/s1. The first-order chi connectivity index (χ1) is 8.92. The number of ether oxygens (including phenoxy) is 1. The fourth-order valence-corrected chi connectivity index (χ4v) is 2.22. The van der Waals surface area contributed by atoms with Crippen LogP contribution in [-0.2, 0) is 10.1 Å². The molecule has 19 heavy (non-hydrogen) atoms. The van der Waals surface area contributed by atoms with Gasteiger partial charge in [-0.25, -0.2) is 0 Å². The maximum atomic E-state index is 10.6. The van der Waals surface area contributed by atoms with Gasteiger partial charge in [-0.2, -0.15) is 8.42 Å². The van der Waals surface area contributed by atoms with E-state index in [4.69, 9.17) is 9.29 Å². The lowest BCUT2D eigenvalue weighted by Crippen LogP contribution is -2.21. The van der Waals surface area contributed by atoms with Crippen LogP contribution < -0.4 is 10.1 Å². The van der Waals surface area contributed by atoms with Crippen molar-refractivity contribution in [3.05, 3.63) is 29.8 Å². The van der Waals surface area contributed by atoms with E-state index in [1.807, 2.05) is 38.1 Å². The lowest BCUT2D eigenvalue weighted by Gasteiger charge is -2.14. The van der Waals surface area contributed by atoms with Crippen LogP contribution in [0.5, 0.6) is 5.75 Å². The van der Waals surface area contributed by atoms with E-state index in [0.29, 0.717) is 19.6 Å². The number of benzene rings is 1. The van der Waals surface area contributed by atoms with Gasteiger partial charge in [0.1, 0.15) is 5.75 Å². The smallest absolute Gasteiger partial charge is 0.264 e. The summed E-state index contributed by atoms with van der Waals surface area (Å²) in [7, 11) is -3.86. The first-order valence-electron chi connectivity index (χ1n) is 6.33. The molecule has 0 bridgehead atoms. The van der Waals surface area contributed by atoms with Crippen LogP contribution in [0.2, 0.25) is 0 Å². The molecule has 0 aliphatic carbocycles. The van der Waals surface area contributed by atoms with E-state index in [1.54, 1.807) is 0 Å². The quantitative estimate of drug-likeness (QED) is 0.565. The van der Waals surface area contributed by atoms with Crippen LogP contribution >= 0.6 is 0 Å². The molecule has 0 fully saturated rings. The van der Waals surface area contributed by atoms with Gasteiger partial charge in [-0.05, 0) is 44.5 Å². The molecule has 0 amide bonds. The van der Waals surface area contributed by atoms with E-state index < -0.39 is 10.1 Å². The molecule has 5 nitrogen and oxygen atoms in total. The van der Waals surface area contributed by atoms with Gasteiger partial charge in [-0.15, -0.1) is 0 Å². The molecule has 0 saturated heterocycles. The highest BCUT2D eigenvalue weighted by atomic mass is 32.2. The van der Waals surface area contributed by atoms with Gasteiger partial charge in [0.15, 0.2) is 0 Å². The highest BCUT2D eigenvalue weighted by Crippen LogP contribution is 2.17. The van der Waals surface area contributed by atoms with Gasteiger partial charge in [0, 0.05) is 6.04 Å². The van der Waals surface area contributed by atoms with Crippen LogP contribution in [0.1, 0.15) is 31.9 Å². The van der Waals surface area contributed by atoms with Gasteiger partial charge >= 0.3 is 0 Å². The van der Waals surface area contributed by atoms with E-state index in [9.17, 15) is 8.42 Å². The molecule has 1 rings (SSSR count). The van der Waals surface area contributed by atoms with Crippen LogP contribution in [0.4, 0.5) is 0 Å². The topological polar surface area (TPSA) is 75.6 Å². The molecule has 0 unspecified atom stereocenters. The van der Waals surface area contributed by atoms with Gasteiger partial charge in [0.2, 0.25) is 0 Å². The Morgan fingerprint density at radius 1 is 1.32 bits per heavy atom. The third-order valence-electron chi connectivity index (χ3n) is 2.72. The van der Waals surface area contributed by atoms with Crippen molar-refractivity contribution in [2.75, 3.05) is 18.9 Å². The summed E-state index contributed by atoms with van der Waals surface area (Å²) in [5.41, 5.74) is 1.11. The van der Waals surface area contributed by atoms with Gasteiger partial charge in [0.25, 0.3) is 10.1 Å². The van der Waals surface area contributed by atoms with Crippen molar-refractivity contribution in [3.63, 3.8) is 0 Å². The second-order valence-electron chi connectivity index (χ2n) is 4.32. The summed E-state index contributed by atoms with van der Waals surface area (Å²) in [4.78, 5) is 0. The Hall–Kier alpha value is -1.11. The lowest BCUT2D eigenvalue weighted by atomic mass is 10.1. The van der Waals surface area contributed by atoms with Crippen molar-refractivity contribution in [3.8, 4) is 5.75 Å². The highest BCUT2D eigenvalue weighted by molar-refractivity contribution is 7.85. The van der Waals surface area contributed by atoms with Crippen molar-refractivity contribution in [1.82, 2.24) is 5.32 Å². The van der Waals surface area contributed by atoms with Crippen LogP contribution in [0.15, 0.2) is 24.3 Å². The molecule has 108 valence electrons. The third kappa shape index (κ3) is 6.56. The highest BCUT2D eigenvalue weighted by Gasteiger charge is 2.07. The van der Waals surface area contributed by atoms with Crippen LogP contribution in [0.3, 0.4) is 0 Å². The van der Waals surface area contributed by atoms with Gasteiger partial charge in [-0.3, -0.25) is 4.55 Å². The summed E-state index contributed by atoms with van der Waals surface area (Å²) < 4.78 is 35.1. The minimum Gasteiger partial charge on any atom is -0.494 e. The van der Waals surface area contributed by atoms with Crippen molar-refractivity contribution < 1.29 is 17.7 Å². The molecule has 0 radical (unpaired) electrons. The molecule has 0 aliphatic heterocycles. The lowest BCUT2D eigenvalue weighted by molar-refractivity contribution is 0.340. The zero-order valence-electron chi connectivity index (χ0n) is 11.3. The van der Waals surface area contributed by atoms with Crippen molar-refractivity contribution in [2.45, 2.75) is 26.3 Å². The van der Waals surface area contributed by atoms with Gasteiger partial charge in [-0.1, -0.05) is 12.1 Å². The summed E-state index contributed by atoms with van der Waals surface area (Å²) in [6, 6.07) is 7.90. The molecule has 0 aromatic heterocycles. The first kappa shape index (κ1) is 15.9. The van der Waals surface area contributed by atoms with E-state index in [-0.39, 0.29) is 11.8 Å². The molecule has 6 heteroatoms. The van der Waals surface area contributed by atoms with Crippen molar-refractivity contribution in [1.29, 1.82) is 0 Å². The number of rotatable bonds is 8. The minimum absolute atomic E-state index is 0.122. The largest absolute Gasteiger partial charge is 0.494 e. The van der Waals surface area contributed by atoms with E-state index >= 15 is 0 Å². The minimum atomic E-state index is -3.86. The SMILES string of the molecule is CCOc1ccc([C@H](C)NCCCS(=O)(=O)O)cc1. The predicted octanol–water partition coefficient (Wildman–Crippen LogP) is 2.01. The number of hydrogen-bond acceptors (Lipinski definition) is 4. The Morgan fingerprint density at radius 3 is 2.47 bits per heavy atom. The number of hydrogen-bond donors (Lipinski definition) is 2.